The Kier molecular flexibility index (Phi) is 3.27. The van der Waals surface area contributed by atoms with Crippen LogP contribution in [0.4, 0.5) is 5.95 Å². The zero-order valence-electron chi connectivity index (χ0n) is 9.99. The molecule has 1 aromatic heterocycles. The van der Waals surface area contributed by atoms with Crippen LogP contribution >= 0.6 is 0 Å². The monoisotopic (exact) mass is 221 g/mol. The van der Waals surface area contributed by atoms with Gasteiger partial charge in [-0.2, -0.15) is 0 Å². The van der Waals surface area contributed by atoms with Gasteiger partial charge in [-0.1, -0.05) is 13.3 Å². The molecular formula is C12H19N3O. The summed E-state index contributed by atoms with van der Waals surface area (Å²) in [7, 11) is 0. The van der Waals surface area contributed by atoms with Crippen LogP contribution in [0, 0.1) is 12.8 Å². The van der Waals surface area contributed by atoms with Crippen molar-refractivity contribution < 1.29 is 0 Å². The summed E-state index contributed by atoms with van der Waals surface area (Å²) in [5.74, 6) is 1.47. The minimum Gasteiger partial charge on any atom is -0.342 e. The Bertz CT molecular complexity index is 413. The molecule has 88 valence electrons. The molecule has 16 heavy (non-hydrogen) atoms. The van der Waals surface area contributed by atoms with Gasteiger partial charge in [0.05, 0.1) is 0 Å². The Morgan fingerprint density at radius 1 is 1.62 bits per heavy atom. The minimum absolute atomic E-state index is 0.0545. The van der Waals surface area contributed by atoms with E-state index in [0.717, 1.165) is 30.6 Å². The number of aryl methyl sites for hydroxylation is 1. The van der Waals surface area contributed by atoms with Crippen molar-refractivity contribution >= 4 is 5.95 Å². The van der Waals surface area contributed by atoms with Gasteiger partial charge < -0.3 is 4.90 Å². The standard InChI is InChI=1S/C12H19N3O/c1-3-10-5-4-6-15(8-10)12-13-9(2)7-11(16)14-12/h7,10H,3-6,8H2,1-2H3,(H,13,14,16). The summed E-state index contributed by atoms with van der Waals surface area (Å²) in [5, 5.41) is 0. The third kappa shape index (κ3) is 2.43. The van der Waals surface area contributed by atoms with Gasteiger partial charge in [0.15, 0.2) is 0 Å². The first-order chi connectivity index (χ1) is 7.69. The van der Waals surface area contributed by atoms with E-state index in [1.807, 2.05) is 6.92 Å². The smallest absolute Gasteiger partial charge is 0.252 e. The predicted molar refractivity (Wildman–Crippen MR) is 64.8 cm³/mol. The van der Waals surface area contributed by atoms with Crippen molar-refractivity contribution in [2.75, 3.05) is 18.0 Å². The van der Waals surface area contributed by atoms with Gasteiger partial charge in [-0.05, 0) is 25.7 Å². The maximum absolute atomic E-state index is 11.4. The van der Waals surface area contributed by atoms with Crippen molar-refractivity contribution in [3.63, 3.8) is 0 Å². The van der Waals surface area contributed by atoms with Crippen LogP contribution in [0.1, 0.15) is 31.9 Å². The molecule has 1 saturated heterocycles. The molecule has 0 saturated carbocycles. The highest BCUT2D eigenvalue weighted by atomic mass is 16.1. The highest BCUT2D eigenvalue weighted by Gasteiger charge is 2.20. The van der Waals surface area contributed by atoms with E-state index in [4.69, 9.17) is 0 Å². The molecule has 1 aromatic rings. The minimum atomic E-state index is -0.0545. The van der Waals surface area contributed by atoms with Crippen molar-refractivity contribution in [3.8, 4) is 0 Å². The first-order valence-corrected chi connectivity index (χ1v) is 6.02. The molecule has 2 heterocycles. The number of anilines is 1. The normalized spacial score (nSPS) is 21.1. The lowest BCUT2D eigenvalue weighted by Crippen LogP contribution is -2.37. The second-order valence-corrected chi connectivity index (χ2v) is 4.57. The van der Waals surface area contributed by atoms with Crippen molar-refractivity contribution in [1.29, 1.82) is 0 Å². The van der Waals surface area contributed by atoms with E-state index in [1.54, 1.807) is 0 Å². The Morgan fingerprint density at radius 2 is 2.44 bits per heavy atom. The third-order valence-electron chi connectivity index (χ3n) is 3.25. The molecule has 1 aliphatic rings. The molecule has 0 spiro atoms. The summed E-state index contributed by atoms with van der Waals surface area (Å²) < 4.78 is 0. The fourth-order valence-corrected chi connectivity index (χ4v) is 2.30. The number of rotatable bonds is 2. The van der Waals surface area contributed by atoms with Crippen molar-refractivity contribution in [1.82, 2.24) is 9.97 Å². The summed E-state index contributed by atoms with van der Waals surface area (Å²) >= 11 is 0. The van der Waals surface area contributed by atoms with E-state index in [1.165, 1.54) is 25.3 Å². The SMILES string of the molecule is CCC1CCCN(c2nc(C)cc(=O)[nH]2)C1. The number of piperidine rings is 1. The van der Waals surface area contributed by atoms with Crippen molar-refractivity contribution in [2.24, 2.45) is 5.92 Å². The molecule has 0 aliphatic carbocycles. The molecule has 0 amide bonds. The van der Waals surface area contributed by atoms with Crippen LogP contribution in [0.2, 0.25) is 0 Å². The Labute approximate surface area is 95.7 Å². The molecule has 1 fully saturated rings. The van der Waals surface area contributed by atoms with E-state index < -0.39 is 0 Å². The lowest BCUT2D eigenvalue weighted by molar-refractivity contribution is 0.400. The number of hydrogen-bond acceptors (Lipinski definition) is 3. The Hall–Kier alpha value is -1.32. The number of aromatic nitrogens is 2. The van der Waals surface area contributed by atoms with Crippen LogP contribution in [0.5, 0.6) is 0 Å². The molecule has 4 nitrogen and oxygen atoms in total. The average molecular weight is 221 g/mol. The zero-order chi connectivity index (χ0) is 11.5. The topological polar surface area (TPSA) is 49.0 Å². The summed E-state index contributed by atoms with van der Waals surface area (Å²) in [5.41, 5.74) is 0.735. The lowest BCUT2D eigenvalue weighted by Gasteiger charge is -2.32. The van der Waals surface area contributed by atoms with Crippen LogP contribution in [0.3, 0.4) is 0 Å². The molecule has 0 radical (unpaired) electrons. The maximum Gasteiger partial charge on any atom is 0.252 e. The van der Waals surface area contributed by atoms with Gasteiger partial charge in [-0.25, -0.2) is 4.98 Å². The fourth-order valence-electron chi connectivity index (χ4n) is 2.30. The quantitative estimate of drug-likeness (QED) is 0.827. The van der Waals surface area contributed by atoms with Gasteiger partial charge in [-0.3, -0.25) is 9.78 Å². The number of hydrogen-bond donors (Lipinski definition) is 1. The third-order valence-corrected chi connectivity index (χ3v) is 3.25. The summed E-state index contributed by atoms with van der Waals surface area (Å²) in [6, 6.07) is 1.53. The van der Waals surface area contributed by atoms with E-state index in [2.05, 4.69) is 21.8 Å². The average Bonchev–Trinajstić information content (AvgIpc) is 2.28. The first kappa shape index (κ1) is 11.2. The highest BCUT2D eigenvalue weighted by Crippen LogP contribution is 2.21. The Balaban J connectivity index is 2.19. The van der Waals surface area contributed by atoms with Crippen molar-refractivity contribution in [3.05, 3.63) is 22.1 Å². The fraction of sp³-hybridized carbons (Fsp3) is 0.667. The maximum atomic E-state index is 11.4. The molecular weight excluding hydrogens is 202 g/mol. The van der Waals surface area contributed by atoms with Crippen LogP contribution < -0.4 is 10.5 Å². The number of H-pyrrole nitrogens is 1. The molecule has 1 unspecified atom stereocenters. The van der Waals surface area contributed by atoms with E-state index in [-0.39, 0.29) is 5.56 Å². The molecule has 0 bridgehead atoms. The van der Waals surface area contributed by atoms with Crippen LogP contribution in [-0.2, 0) is 0 Å². The van der Waals surface area contributed by atoms with Gasteiger partial charge in [0.25, 0.3) is 5.56 Å². The Morgan fingerprint density at radius 3 is 3.12 bits per heavy atom. The van der Waals surface area contributed by atoms with E-state index in [9.17, 15) is 4.79 Å². The summed E-state index contributed by atoms with van der Waals surface area (Å²) in [4.78, 5) is 20.8. The largest absolute Gasteiger partial charge is 0.342 e. The van der Waals surface area contributed by atoms with Gasteiger partial charge in [0.2, 0.25) is 5.95 Å². The predicted octanol–water partition coefficient (Wildman–Crippen LogP) is 1.70. The summed E-state index contributed by atoms with van der Waals surface area (Å²) in [6.07, 6.45) is 3.69. The number of nitrogens with zero attached hydrogens (tertiary/aromatic N) is 2. The molecule has 0 aromatic carbocycles. The zero-order valence-corrected chi connectivity index (χ0v) is 9.99. The van der Waals surface area contributed by atoms with Crippen LogP contribution in [0.15, 0.2) is 10.9 Å². The molecule has 1 atom stereocenters. The molecule has 4 heteroatoms. The van der Waals surface area contributed by atoms with Crippen LogP contribution in [0.25, 0.3) is 0 Å². The number of aromatic amines is 1. The van der Waals surface area contributed by atoms with Crippen molar-refractivity contribution in [2.45, 2.75) is 33.1 Å². The molecule has 2 rings (SSSR count). The highest BCUT2D eigenvalue weighted by molar-refractivity contribution is 5.30. The van der Waals surface area contributed by atoms with Gasteiger partial charge >= 0.3 is 0 Å². The van der Waals surface area contributed by atoms with Gasteiger partial charge in [0.1, 0.15) is 0 Å². The van der Waals surface area contributed by atoms with Gasteiger partial charge in [-0.15, -0.1) is 0 Å². The van der Waals surface area contributed by atoms with Crippen LogP contribution in [-0.4, -0.2) is 23.1 Å². The molecule has 1 aliphatic heterocycles. The summed E-state index contributed by atoms with van der Waals surface area (Å²) in [6.45, 7) is 6.10. The van der Waals surface area contributed by atoms with E-state index >= 15 is 0 Å². The first-order valence-electron chi connectivity index (χ1n) is 6.02. The lowest BCUT2D eigenvalue weighted by atomic mass is 9.96. The number of nitrogens with one attached hydrogen (secondary N) is 1. The second-order valence-electron chi connectivity index (χ2n) is 4.57. The second kappa shape index (κ2) is 4.68. The molecule has 1 N–H and O–H groups in total. The van der Waals surface area contributed by atoms with Gasteiger partial charge in [0, 0.05) is 24.8 Å². The van der Waals surface area contributed by atoms with E-state index in [0.29, 0.717) is 0 Å².